The summed E-state index contributed by atoms with van der Waals surface area (Å²) < 4.78 is 5.61. The van der Waals surface area contributed by atoms with Crippen LogP contribution in [0.15, 0.2) is 30.6 Å². The number of morpholine rings is 1. The van der Waals surface area contributed by atoms with E-state index in [1.165, 1.54) is 30.3 Å². The number of hydrogen-bond acceptors (Lipinski definition) is 6. The van der Waals surface area contributed by atoms with Crippen LogP contribution < -0.4 is 9.80 Å². The molecule has 6 rings (SSSR count). The Morgan fingerprint density at radius 1 is 1.09 bits per heavy atom. The summed E-state index contributed by atoms with van der Waals surface area (Å²) in [6.07, 6.45) is 7.47. The second-order valence-electron chi connectivity index (χ2n) is 11.0. The average Bonchev–Trinajstić information content (AvgIpc) is 3.38. The van der Waals surface area contributed by atoms with Gasteiger partial charge in [0.1, 0.15) is 17.0 Å². The van der Waals surface area contributed by atoms with Crippen molar-refractivity contribution in [2.75, 3.05) is 42.6 Å². The molecular formula is C25H32N6O. The van der Waals surface area contributed by atoms with Crippen molar-refractivity contribution in [3.8, 4) is 11.4 Å². The van der Waals surface area contributed by atoms with E-state index in [4.69, 9.17) is 14.7 Å². The number of nitrogens with one attached hydrogen (secondary N) is 1. The van der Waals surface area contributed by atoms with Crippen molar-refractivity contribution in [1.82, 2.24) is 20.2 Å². The second kappa shape index (κ2) is 7.17. The quantitative estimate of drug-likeness (QED) is 0.667. The lowest BCUT2D eigenvalue weighted by atomic mass is 9.65. The number of anilines is 2. The molecule has 168 valence electrons. The van der Waals surface area contributed by atoms with Crippen LogP contribution >= 0.6 is 0 Å². The lowest BCUT2D eigenvalue weighted by molar-refractivity contribution is 0.122. The highest BCUT2D eigenvalue weighted by Gasteiger charge is 2.50. The highest BCUT2D eigenvalue weighted by molar-refractivity contribution is 6.00. The summed E-state index contributed by atoms with van der Waals surface area (Å²) in [5, 5.41) is 8.42. The SMILES string of the molecule is CC1(C)CC2CC(C)(CN2c2cc(N3CCOCC3)nc3c(-c4ccn[nH]4)nccc23)C1. The third-order valence-electron chi connectivity index (χ3n) is 7.51. The Labute approximate surface area is 189 Å². The standard InChI is InChI=1S/C25H32N6O/c1-24(2)13-17-14-25(3,15-24)16-31(17)20-12-21(30-8-10-32-11-9-30)28-22-18(20)4-6-26-23(22)19-5-7-27-29-19/h4-7,12,17H,8-11,13-16H2,1-3H3,(H,27,29). The Hall–Kier alpha value is -2.67. The fourth-order valence-electron chi connectivity index (χ4n) is 6.64. The first-order chi connectivity index (χ1) is 15.4. The van der Waals surface area contributed by atoms with E-state index >= 15 is 0 Å². The minimum Gasteiger partial charge on any atom is -0.378 e. The van der Waals surface area contributed by atoms with E-state index in [9.17, 15) is 0 Å². The highest BCUT2D eigenvalue weighted by Crippen LogP contribution is 2.54. The van der Waals surface area contributed by atoms with Gasteiger partial charge in [-0.1, -0.05) is 20.8 Å². The molecule has 3 aromatic heterocycles. The molecule has 2 unspecified atom stereocenters. The number of pyridine rings is 2. The first kappa shape index (κ1) is 20.0. The average molecular weight is 433 g/mol. The number of nitrogens with zero attached hydrogens (tertiary/aromatic N) is 5. The molecule has 2 bridgehead atoms. The minimum atomic E-state index is 0.361. The molecule has 3 aliphatic rings. The fourth-order valence-corrected chi connectivity index (χ4v) is 6.64. The van der Waals surface area contributed by atoms with Gasteiger partial charge in [-0.2, -0.15) is 5.10 Å². The van der Waals surface area contributed by atoms with Gasteiger partial charge in [-0.15, -0.1) is 0 Å². The van der Waals surface area contributed by atoms with E-state index in [2.05, 4.69) is 52.9 Å². The molecule has 3 fully saturated rings. The van der Waals surface area contributed by atoms with E-state index < -0.39 is 0 Å². The number of aromatic nitrogens is 4. The van der Waals surface area contributed by atoms with Gasteiger partial charge in [0.15, 0.2) is 0 Å². The van der Waals surface area contributed by atoms with Gasteiger partial charge in [0.2, 0.25) is 0 Å². The van der Waals surface area contributed by atoms with E-state index in [0.29, 0.717) is 16.9 Å². The zero-order chi connectivity index (χ0) is 21.9. The summed E-state index contributed by atoms with van der Waals surface area (Å²) in [6.45, 7) is 11.7. The lowest BCUT2D eigenvalue weighted by Crippen LogP contribution is -2.37. The number of rotatable bonds is 3. The molecule has 32 heavy (non-hydrogen) atoms. The van der Waals surface area contributed by atoms with Gasteiger partial charge in [-0.3, -0.25) is 10.1 Å². The number of fused-ring (bicyclic) bond motifs is 3. The normalized spacial score (nSPS) is 27.3. The summed E-state index contributed by atoms with van der Waals surface area (Å²) in [4.78, 5) is 14.9. The second-order valence-corrected chi connectivity index (χ2v) is 11.0. The Balaban J connectivity index is 1.53. The number of aromatic amines is 1. The van der Waals surface area contributed by atoms with Crippen LogP contribution in [-0.4, -0.2) is 59.1 Å². The van der Waals surface area contributed by atoms with Crippen molar-refractivity contribution < 1.29 is 4.74 Å². The molecule has 5 heterocycles. The largest absolute Gasteiger partial charge is 0.378 e. The molecule has 2 saturated heterocycles. The van der Waals surface area contributed by atoms with Crippen molar-refractivity contribution in [2.45, 2.75) is 46.1 Å². The third kappa shape index (κ3) is 3.34. The molecule has 0 radical (unpaired) electrons. The topological polar surface area (TPSA) is 70.2 Å². The molecule has 7 heteroatoms. The summed E-state index contributed by atoms with van der Waals surface area (Å²) in [5.74, 6) is 1.02. The molecule has 0 amide bonds. The van der Waals surface area contributed by atoms with Gasteiger partial charge in [0.25, 0.3) is 0 Å². The minimum absolute atomic E-state index is 0.361. The molecule has 7 nitrogen and oxygen atoms in total. The lowest BCUT2D eigenvalue weighted by Gasteiger charge is -2.39. The van der Waals surface area contributed by atoms with Gasteiger partial charge in [-0.25, -0.2) is 4.98 Å². The predicted octanol–water partition coefficient (Wildman–Crippen LogP) is 4.26. The molecule has 1 N–H and O–H groups in total. The van der Waals surface area contributed by atoms with Crippen LogP contribution in [0.4, 0.5) is 11.5 Å². The van der Waals surface area contributed by atoms with Gasteiger partial charge in [0, 0.05) is 49.5 Å². The van der Waals surface area contributed by atoms with Crippen LogP contribution in [0.2, 0.25) is 0 Å². The molecule has 1 aliphatic carbocycles. The van der Waals surface area contributed by atoms with Crippen LogP contribution in [0.25, 0.3) is 22.3 Å². The Morgan fingerprint density at radius 3 is 2.72 bits per heavy atom. The first-order valence-corrected chi connectivity index (χ1v) is 11.8. The van der Waals surface area contributed by atoms with Gasteiger partial charge in [0.05, 0.1) is 24.6 Å². The number of ether oxygens (including phenoxy) is 1. The molecule has 3 aromatic rings. The third-order valence-corrected chi connectivity index (χ3v) is 7.51. The maximum atomic E-state index is 5.61. The predicted molar refractivity (Wildman–Crippen MR) is 127 cm³/mol. The van der Waals surface area contributed by atoms with E-state index in [1.54, 1.807) is 6.20 Å². The van der Waals surface area contributed by atoms with Crippen LogP contribution in [0, 0.1) is 10.8 Å². The summed E-state index contributed by atoms with van der Waals surface area (Å²) in [5.41, 5.74) is 4.75. The maximum Gasteiger partial charge on any atom is 0.131 e. The Bertz CT molecular complexity index is 1140. The molecule has 2 atom stereocenters. The first-order valence-electron chi connectivity index (χ1n) is 11.8. The van der Waals surface area contributed by atoms with Crippen molar-refractivity contribution in [2.24, 2.45) is 10.8 Å². The van der Waals surface area contributed by atoms with Gasteiger partial charge >= 0.3 is 0 Å². The Morgan fingerprint density at radius 2 is 1.94 bits per heavy atom. The van der Waals surface area contributed by atoms with Crippen LogP contribution in [0.1, 0.15) is 40.0 Å². The van der Waals surface area contributed by atoms with Gasteiger partial charge in [-0.05, 0) is 42.2 Å². The molecule has 0 spiro atoms. The maximum absolute atomic E-state index is 5.61. The fraction of sp³-hybridized carbons (Fsp3) is 0.560. The zero-order valence-electron chi connectivity index (χ0n) is 19.3. The number of H-pyrrole nitrogens is 1. The van der Waals surface area contributed by atoms with E-state index in [-0.39, 0.29) is 0 Å². The molecular weight excluding hydrogens is 400 g/mol. The molecule has 1 saturated carbocycles. The van der Waals surface area contributed by atoms with E-state index in [0.717, 1.165) is 55.6 Å². The van der Waals surface area contributed by atoms with E-state index in [1.807, 2.05) is 12.3 Å². The summed E-state index contributed by atoms with van der Waals surface area (Å²) in [6, 6.07) is 6.99. The van der Waals surface area contributed by atoms with Gasteiger partial charge < -0.3 is 14.5 Å². The summed E-state index contributed by atoms with van der Waals surface area (Å²) >= 11 is 0. The molecule has 0 aromatic carbocycles. The Kier molecular flexibility index (Phi) is 4.47. The van der Waals surface area contributed by atoms with Crippen LogP contribution in [0.5, 0.6) is 0 Å². The molecule has 2 aliphatic heterocycles. The number of hydrogen-bond donors (Lipinski definition) is 1. The van der Waals surface area contributed by atoms with Crippen molar-refractivity contribution in [3.05, 3.63) is 30.6 Å². The van der Waals surface area contributed by atoms with Crippen LogP contribution in [-0.2, 0) is 4.74 Å². The van der Waals surface area contributed by atoms with Crippen LogP contribution in [0.3, 0.4) is 0 Å². The van der Waals surface area contributed by atoms with Crippen molar-refractivity contribution in [1.29, 1.82) is 0 Å². The van der Waals surface area contributed by atoms with Crippen molar-refractivity contribution in [3.63, 3.8) is 0 Å². The van der Waals surface area contributed by atoms with Crippen molar-refractivity contribution >= 4 is 22.4 Å². The zero-order valence-corrected chi connectivity index (χ0v) is 19.3. The summed E-state index contributed by atoms with van der Waals surface area (Å²) in [7, 11) is 0. The monoisotopic (exact) mass is 432 g/mol. The smallest absolute Gasteiger partial charge is 0.131 e. The highest BCUT2D eigenvalue weighted by atomic mass is 16.5.